The number of carbonyl (C=O) groups excluding carboxylic acids is 1. The molecule has 1 aromatic rings. The van der Waals surface area contributed by atoms with Crippen molar-refractivity contribution in [1.82, 2.24) is 5.32 Å². The molecule has 0 fully saturated rings. The first kappa shape index (κ1) is 14.1. The van der Waals surface area contributed by atoms with Gasteiger partial charge in [-0.05, 0) is 37.8 Å². The van der Waals surface area contributed by atoms with E-state index < -0.39 is 5.54 Å². The molecule has 3 N–H and O–H groups in total. The van der Waals surface area contributed by atoms with Crippen molar-refractivity contribution >= 4 is 17.7 Å². The monoisotopic (exact) mass is 252 g/mol. The van der Waals surface area contributed by atoms with Gasteiger partial charge in [0.2, 0.25) is 5.91 Å². The van der Waals surface area contributed by atoms with Crippen LogP contribution in [0.15, 0.2) is 29.2 Å². The highest BCUT2D eigenvalue weighted by atomic mass is 32.2. The van der Waals surface area contributed by atoms with Crippen LogP contribution in [0.5, 0.6) is 0 Å². The zero-order valence-corrected chi connectivity index (χ0v) is 11.4. The number of carbonyl (C=O) groups is 1. The van der Waals surface area contributed by atoms with Gasteiger partial charge in [-0.25, -0.2) is 0 Å². The average Bonchev–Trinajstić information content (AvgIpc) is 2.25. The maximum atomic E-state index is 11.6. The van der Waals surface area contributed by atoms with Gasteiger partial charge in [-0.15, -0.1) is 11.8 Å². The number of nitrogens with one attached hydrogen (secondary N) is 1. The first-order chi connectivity index (χ1) is 7.90. The molecule has 1 aromatic carbocycles. The van der Waals surface area contributed by atoms with Gasteiger partial charge >= 0.3 is 0 Å². The second-order valence-corrected chi connectivity index (χ2v) is 5.67. The molecule has 0 aliphatic rings. The normalized spacial score (nSPS) is 11.3. The van der Waals surface area contributed by atoms with Gasteiger partial charge in [0, 0.05) is 23.4 Å². The first-order valence-electron chi connectivity index (χ1n) is 5.59. The van der Waals surface area contributed by atoms with Crippen molar-refractivity contribution in [2.45, 2.75) is 37.2 Å². The Hall–Kier alpha value is -1.00. The van der Waals surface area contributed by atoms with Gasteiger partial charge in [0.1, 0.15) is 0 Å². The molecule has 1 amide bonds. The van der Waals surface area contributed by atoms with Crippen LogP contribution in [0.4, 0.5) is 0 Å². The van der Waals surface area contributed by atoms with Crippen molar-refractivity contribution in [2.24, 2.45) is 5.73 Å². The molecule has 0 atom stereocenters. The minimum Gasteiger partial charge on any atom is -0.352 e. The minimum absolute atomic E-state index is 0.00792. The third kappa shape index (κ3) is 5.75. The second-order valence-electron chi connectivity index (χ2n) is 4.79. The second kappa shape index (κ2) is 6.07. The number of amides is 1. The Bertz CT molecular complexity index is 368. The highest BCUT2D eigenvalue weighted by Gasteiger charge is 2.15. The molecule has 17 heavy (non-hydrogen) atoms. The fourth-order valence-corrected chi connectivity index (χ4v) is 1.83. The lowest BCUT2D eigenvalue weighted by Crippen LogP contribution is -2.38. The quantitative estimate of drug-likeness (QED) is 0.790. The molecule has 0 saturated heterocycles. The topological polar surface area (TPSA) is 55.1 Å². The molecule has 3 nitrogen and oxygen atoms in total. The molecular weight excluding hydrogens is 232 g/mol. The number of hydrogen-bond donors (Lipinski definition) is 2. The lowest BCUT2D eigenvalue weighted by molar-refractivity contribution is -0.122. The molecule has 0 aromatic heterocycles. The third-order valence-corrected chi connectivity index (χ3v) is 3.01. The van der Waals surface area contributed by atoms with Crippen LogP contribution in [0, 0.1) is 0 Å². The summed E-state index contributed by atoms with van der Waals surface area (Å²) in [6.45, 7) is 4.25. The van der Waals surface area contributed by atoms with Gasteiger partial charge in [-0.1, -0.05) is 12.1 Å². The summed E-state index contributed by atoms with van der Waals surface area (Å²) >= 11 is 1.71. The zero-order chi connectivity index (χ0) is 12.9. The third-order valence-electron chi connectivity index (χ3n) is 2.26. The van der Waals surface area contributed by atoms with E-state index in [1.165, 1.54) is 4.90 Å². The van der Waals surface area contributed by atoms with Crippen LogP contribution in [-0.2, 0) is 11.3 Å². The lowest BCUT2D eigenvalue weighted by atomic mass is 10.0. The Morgan fingerprint density at radius 3 is 2.41 bits per heavy atom. The van der Waals surface area contributed by atoms with Crippen LogP contribution in [0.2, 0.25) is 0 Å². The van der Waals surface area contributed by atoms with Gasteiger partial charge in [0.15, 0.2) is 0 Å². The van der Waals surface area contributed by atoms with E-state index in [-0.39, 0.29) is 5.91 Å². The number of benzene rings is 1. The van der Waals surface area contributed by atoms with Crippen LogP contribution < -0.4 is 11.1 Å². The fraction of sp³-hybridized carbons (Fsp3) is 0.462. The van der Waals surface area contributed by atoms with E-state index in [2.05, 4.69) is 17.4 Å². The summed E-state index contributed by atoms with van der Waals surface area (Å²) in [6.07, 6.45) is 2.38. The smallest absolute Gasteiger partial charge is 0.222 e. The molecular formula is C13H20N2OS. The number of thioether (sulfide) groups is 1. The highest BCUT2D eigenvalue weighted by molar-refractivity contribution is 7.98. The first-order valence-corrected chi connectivity index (χ1v) is 6.82. The molecule has 0 heterocycles. The van der Waals surface area contributed by atoms with Crippen molar-refractivity contribution in [3.63, 3.8) is 0 Å². The van der Waals surface area contributed by atoms with Crippen LogP contribution in [-0.4, -0.2) is 17.7 Å². The molecule has 0 unspecified atom stereocenters. The van der Waals surface area contributed by atoms with E-state index in [1.807, 2.05) is 32.2 Å². The van der Waals surface area contributed by atoms with E-state index >= 15 is 0 Å². The SMILES string of the molecule is CSc1ccc(CNC(=O)CC(C)(C)N)cc1. The maximum absolute atomic E-state index is 11.6. The Balaban J connectivity index is 2.42. The molecule has 0 aliphatic heterocycles. The van der Waals surface area contributed by atoms with Crippen molar-refractivity contribution < 1.29 is 4.79 Å². The molecule has 0 saturated carbocycles. The summed E-state index contributed by atoms with van der Waals surface area (Å²) in [4.78, 5) is 12.8. The molecule has 94 valence electrons. The van der Waals surface area contributed by atoms with E-state index in [4.69, 9.17) is 5.73 Å². The van der Waals surface area contributed by atoms with Crippen LogP contribution in [0.1, 0.15) is 25.8 Å². The Morgan fingerprint density at radius 2 is 1.94 bits per heavy atom. The Kier molecular flexibility index (Phi) is 5.02. The average molecular weight is 252 g/mol. The fourth-order valence-electron chi connectivity index (χ4n) is 1.42. The van der Waals surface area contributed by atoms with E-state index in [1.54, 1.807) is 11.8 Å². The van der Waals surface area contributed by atoms with Crippen molar-refractivity contribution in [3.05, 3.63) is 29.8 Å². The van der Waals surface area contributed by atoms with Gasteiger partial charge in [-0.3, -0.25) is 4.79 Å². The molecule has 4 heteroatoms. The van der Waals surface area contributed by atoms with Crippen LogP contribution in [0.25, 0.3) is 0 Å². The number of hydrogen-bond acceptors (Lipinski definition) is 3. The molecule has 1 rings (SSSR count). The summed E-state index contributed by atoms with van der Waals surface area (Å²) in [5, 5.41) is 2.87. The lowest BCUT2D eigenvalue weighted by Gasteiger charge is -2.17. The predicted octanol–water partition coefficient (Wildman–Crippen LogP) is 2.15. The van der Waals surface area contributed by atoms with E-state index in [0.717, 1.165) is 5.56 Å². The van der Waals surface area contributed by atoms with Gasteiger partial charge in [0.05, 0.1) is 0 Å². The van der Waals surface area contributed by atoms with Gasteiger partial charge in [0.25, 0.3) is 0 Å². The molecule has 0 spiro atoms. The summed E-state index contributed by atoms with van der Waals surface area (Å²) in [7, 11) is 0. The molecule has 0 aliphatic carbocycles. The summed E-state index contributed by atoms with van der Waals surface area (Å²) in [5.41, 5.74) is 6.43. The summed E-state index contributed by atoms with van der Waals surface area (Å²) < 4.78 is 0. The number of nitrogens with two attached hydrogens (primary N) is 1. The van der Waals surface area contributed by atoms with Gasteiger partial charge in [-0.2, -0.15) is 0 Å². The van der Waals surface area contributed by atoms with Crippen LogP contribution in [0.3, 0.4) is 0 Å². The Morgan fingerprint density at radius 1 is 1.35 bits per heavy atom. The van der Waals surface area contributed by atoms with Crippen molar-refractivity contribution in [2.75, 3.05) is 6.26 Å². The van der Waals surface area contributed by atoms with Crippen molar-refractivity contribution in [3.8, 4) is 0 Å². The van der Waals surface area contributed by atoms with Crippen LogP contribution >= 0.6 is 11.8 Å². The standard InChI is InChI=1S/C13H20N2OS/c1-13(2,14)8-12(16)15-9-10-4-6-11(17-3)7-5-10/h4-7H,8-9,14H2,1-3H3,(H,15,16). The van der Waals surface area contributed by atoms with E-state index in [9.17, 15) is 4.79 Å². The van der Waals surface area contributed by atoms with E-state index in [0.29, 0.717) is 13.0 Å². The predicted molar refractivity (Wildman–Crippen MR) is 73.0 cm³/mol. The summed E-state index contributed by atoms with van der Waals surface area (Å²) in [5.74, 6) is -0.00792. The minimum atomic E-state index is -0.452. The number of rotatable bonds is 5. The molecule has 0 radical (unpaired) electrons. The summed E-state index contributed by atoms with van der Waals surface area (Å²) in [6, 6.07) is 8.16. The maximum Gasteiger partial charge on any atom is 0.222 e. The zero-order valence-electron chi connectivity index (χ0n) is 10.6. The molecule has 0 bridgehead atoms. The largest absolute Gasteiger partial charge is 0.352 e. The van der Waals surface area contributed by atoms with Crippen molar-refractivity contribution in [1.29, 1.82) is 0 Å². The Labute approximate surface area is 107 Å². The highest BCUT2D eigenvalue weighted by Crippen LogP contribution is 2.14. The van der Waals surface area contributed by atoms with Gasteiger partial charge < -0.3 is 11.1 Å².